The van der Waals surface area contributed by atoms with Crippen LogP contribution in [0.1, 0.15) is 23.3 Å². The molecule has 158 valence electrons. The molecule has 31 heavy (non-hydrogen) atoms. The fourth-order valence-electron chi connectivity index (χ4n) is 2.96. The van der Waals surface area contributed by atoms with Crippen LogP contribution in [-0.4, -0.2) is 47.7 Å². The summed E-state index contributed by atoms with van der Waals surface area (Å²) >= 11 is 0. The van der Waals surface area contributed by atoms with E-state index in [0.717, 1.165) is 5.52 Å². The molecule has 0 radical (unpaired) electrons. The number of nitrogens with one attached hydrogen (secondary N) is 2. The molecule has 9 nitrogen and oxygen atoms in total. The zero-order valence-corrected chi connectivity index (χ0v) is 16.7. The maximum Gasteiger partial charge on any atom is 0.308 e. The molecule has 0 aliphatic rings. The number of hydrogen-bond acceptors (Lipinski definition) is 6. The first-order valence-corrected chi connectivity index (χ1v) is 9.69. The van der Waals surface area contributed by atoms with Gasteiger partial charge in [-0.2, -0.15) is 10.4 Å². The van der Waals surface area contributed by atoms with Gasteiger partial charge in [-0.05, 0) is 18.2 Å². The third-order valence-electron chi connectivity index (χ3n) is 4.47. The van der Waals surface area contributed by atoms with Gasteiger partial charge in [0.15, 0.2) is 12.3 Å². The molecular weight excluding hydrogens is 398 g/mol. The van der Waals surface area contributed by atoms with Crippen LogP contribution in [0.15, 0.2) is 54.6 Å². The highest BCUT2D eigenvalue weighted by atomic mass is 16.5. The van der Waals surface area contributed by atoms with Crippen LogP contribution < -0.4 is 10.2 Å². The van der Waals surface area contributed by atoms with Gasteiger partial charge in [-0.3, -0.25) is 19.5 Å². The number of amides is 2. The Morgan fingerprint density at radius 1 is 1.10 bits per heavy atom. The van der Waals surface area contributed by atoms with Crippen LogP contribution in [-0.2, 0) is 14.3 Å². The second kappa shape index (κ2) is 10.5. The Hall–Kier alpha value is -4.19. The van der Waals surface area contributed by atoms with Gasteiger partial charge in [0.25, 0.3) is 11.8 Å². The summed E-state index contributed by atoms with van der Waals surface area (Å²) in [7, 11) is 0. The van der Waals surface area contributed by atoms with Gasteiger partial charge in [0.2, 0.25) is 0 Å². The van der Waals surface area contributed by atoms with Crippen molar-refractivity contribution in [2.45, 2.75) is 12.8 Å². The minimum atomic E-state index is -0.617. The third-order valence-corrected chi connectivity index (χ3v) is 4.47. The van der Waals surface area contributed by atoms with Gasteiger partial charge < -0.3 is 15.0 Å². The van der Waals surface area contributed by atoms with Gasteiger partial charge in [-0.1, -0.05) is 36.4 Å². The van der Waals surface area contributed by atoms with Crippen LogP contribution in [0.4, 0.5) is 5.69 Å². The highest BCUT2D eigenvalue weighted by Crippen LogP contribution is 2.15. The molecule has 0 saturated heterocycles. The number of fused-ring (bicyclic) bond motifs is 1. The van der Waals surface area contributed by atoms with E-state index in [4.69, 9.17) is 10.00 Å². The summed E-state index contributed by atoms with van der Waals surface area (Å²) in [4.78, 5) is 38.1. The smallest absolute Gasteiger partial charge is 0.308 e. The van der Waals surface area contributed by atoms with Gasteiger partial charge in [0.05, 0.1) is 24.4 Å². The lowest BCUT2D eigenvalue weighted by atomic mass is 10.2. The van der Waals surface area contributed by atoms with Crippen molar-refractivity contribution >= 4 is 34.4 Å². The van der Waals surface area contributed by atoms with Gasteiger partial charge in [0.1, 0.15) is 0 Å². The van der Waals surface area contributed by atoms with Crippen molar-refractivity contribution in [3.05, 3.63) is 60.3 Å². The number of aromatic amines is 1. The molecule has 2 amide bonds. The number of esters is 1. The molecule has 1 heterocycles. The highest BCUT2D eigenvalue weighted by molar-refractivity contribution is 6.04. The number of H-pyrrole nitrogens is 1. The highest BCUT2D eigenvalue weighted by Gasteiger charge is 2.18. The van der Waals surface area contributed by atoms with E-state index in [9.17, 15) is 14.4 Å². The molecule has 0 spiro atoms. The van der Waals surface area contributed by atoms with Crippen LogP contribution in [0.5, 0.6) is 0 Å². The molecule has 0 unspecified atom stereocenters. The molecule has 0 aliphatic heterocycles. The van der Waals surface area contributed by atoms with E-state index in [1.165, 1.54) is 4.90 Å². The average Bonchev–Trinajstić information content (AvgIpc) is 3.23. The molecule has 9 heteroatoms. The van der Waals surface area contributed by atoms with E-state index in [1.54, 1.807) is 36.4 Å². The molecule has 0 atom stereocenters. The summed E-state index contributed by atoms with van der Waals surface area (Å²) in [5.41, 5.74) is 1.61. The number of carbonyl (C=O) groups is 3. The minimum absolute atomic E-state index is 0.0455. The first kappa shape index (κ1) is 21.5. The molecule has 0 aliphatic carbocycles. The van der Waals surface area contributed by atoms with E-state index in [2.05, 4.69) is 15.5 Å². The van der Waals surface area contributed by atoms with E-state index in [1.807, 2.05) is 24.3 Å². The monoisotopic (exact) mass is 419 g/mol. The van der Waals surface area contributed by atoms with Gasteiger partial charge >= 0.3 is 5.97 Å². The summed E-state index contributed by atoms with van der Waals surface area (Å²) in [6.45, 7) is -0.203. The van der Waals surface area contributed by atoms with Crippen molar-refractivity contribution < 1.29 is 19.1 Å². The molecule has 3 rings (SSSR count). The Morgan fingerprint density at radius 3 is 2.61 bits per heavy atom. The molecule has 2 N–H and O–H groups in total. The number of para-hydroxylation sites is 2. The summed E-state index contributed by atoms with van der Waals surface area (Å²) < 4.78 is 5.04. The lowest BCUT2D eigenvalue weighted by molar-refractivity contribution is -0.147. The molecule has 0 saturated carbocycles. The number of carbonyl (C=O) groups excluding carboxylic acids is 3. The Morgan fingerprint density at radius 2 is 1.84 bits per heavy atom. The molecular formula is C22H21N5O4. The van der Waals surface area contributed by atoms with Crippen molar-refractivity contribution in [1.29, 1.82) is 5.26 Å². The third kappa shape index (κ3) is 5.67. The van der Waals surface area contributed by atoms with E-state index >= 15 is 0 Å². The lowest BCUT2D eigenvalue weighted by Gasteiger charge is -2.21. The number of nitrogens with zero attached hydrogens (tertiary/aromatic N) is 3. The van der Waals surface area contributed by atoms with Crippen molar-refractivity contribution in [2.75, 3.05) is 24.6 Å². The molecule has 3 aromatic rings. The van der Waals surface area contributed by atoms with Crippen molar-refractivity contribution in [2.24, 2.45) is 0 Å². The quantitative estimate of drug-likeness (QED) is 0.512. The zero-order valence-electron chi connectivity index (χ0n) is 16.7. The lowest BCUT2D eigenvalue weighted by Crippen LogP contribution is -2.35. The van der Waals surface area contributed by atoms with E-state index in [0.29, 0.717) is 11.1 Å². The average molecular weight is 419 g/mol. The van der Waals surface area contributed by atoms with Crippen LogP contribution in [0.2, 0.25) is 0 Å². The maximum atomic E-state index is 12.5. The maximum absolute atomic E-state index is 12.5. The number of nitriles is 1. The summed E-state index contributed by atoms with van der Waals surface area (Å²) in [6.07, 6.45) is 0.0629. The minimum Gasteiger partial charge on any atom is -0.455 e. The van der Waals surface area contributed by atoms with Gasteiger partial charge in [-0.25, -0.2) is 0 Å². The number of rotatable bonds is 9. The first-order valence-electron chi connectivity index (χ1n) is 9.69. The van der Waals surface area contributed by atoms with E-state index in [-0.39, 0.29) is 31.6 Å². The topological polar surface area (TPSA) is 128 Å². The fraction of sp³-hybridized carbons (Fsp3) is 0.227. The second-order valence-electron chi connectivity index (χ2n) is 6.57. The van der Waals surface area contributed by atoms with Crippen molar-refractivity contribution in [3.63, 3.8) is 0 Å². The zero-order chi connectivity index (χ0) is 22.1. The standard InChI is InChI=1S/C22H21N5O4/c23-12-6-14-27(16-7-2-1-3-8-16)19(28)15-31-20(29)11-13-24-22(30)21-17-9-4-5-10-18(17)25-26-21/h1-5,7-10H,6,11,13-15H2,(H,24,30)(H,25,26). The fourth-order valence-corrected chi connectivity index (χ4v) is 2.96. The van der Waals surface area contributed by atoms with Crippen LogP contribution in [0, 0.1) is 11.3 Å². The molecule has 0 bridgehead atoms. The SMILES string of the molecule is N#CCCN(C(=O)COC(=O)CCNC(=O)c1n[nH]c2ccccc12)c1ccccc1. The second-order valence-corrected chi connectivity index (χ2v) is 6.57. The van der Waals surface area contributed by atoms with Crippen LogP contribution in [0.25, 0.3) is 10.9 Å². The van der Waals surface area contributed by atoms with Gasteiger partial charge in [0, 0.05) is 24.2 Å². The number of ether oxygens (including phenoxy) is 1. The first-order chi connectivity index (χ1) is 15.1. The molecule has 2 aromatic carbocycles. The Balaban J connectivity index is 1.46. The number of hydrogen-bond donors (Lipinski definition) is 2. The Kier molecular flexibility index (Phi) is 7.32. The van der Waals surface area contributed by atoms with Crippen molar-refractivity contribution in [1.82, 2.24) is 15.5 Å². The van der Waals surface area contributed by atoms with E-state index < -0.39 is 24.4 Å². The summed E-state index contributed by atoms with van der Waals surface area (Å²) in [5.74, 6) is -1.45. The number of benzene rings is 2. The number of aromatic nitrogens is 2. The van der Waals surface area contributed by atoms with Crippen molar-refractivity contribution in [3.8, 4) is 6.07 Å². The number of anilines is 1. The summed E-state index contributed by atoms with van der Waals surface area (Å²) in [5, 5.41) is 18.9. The Bertz CT molecular complexity index is 1100. The largest absolute Gasteiger partial charge is 0.455 e. The summed E-state index contributed by atoms with van der Waals surface area (Å²) in [6, 6.07) is 18.1. The Labute approximate surface area is 178 Å². The molecule has 0 fully saturated rings. The normalized spacial score (nSPS) is 10.3. The predicted octanol–water partition coefficient (Wildman–Crippen LogP) is 2.17. The van der Waals surface area contributed by atoms with Crippen LogP contribution in [0.3, 0.4) is 0 Å². The predicted molar refractivity (Wildman–Crippen MR) is 113 cm³/mol. The molecule has 1 aromatic heterocycles. The van der Waals surface area contributed by atoms with Crippen LogP contribution >= 0.6 is 0 Å². The van der Waals surface area contributed by atoms with Gasteiger partial charge in [-0.15, -0.1) is 0 Å².